The van der Waals surface area contributed by atoms with Crippen molar-refractivity contribution >= 4 is 5.97 Å². The summed E-state index contributed by atoms with van der Waals surface area (Å²) in [6, 6.07) is 7.61. The molecule has 0 spiro atoms. The highest BCUT2D eigenvalue weighted by Gasteiger charge is 2.15. The van der Waals surface area contributed by atoms with E-state index in [9.17, 15) is 9.90 Å². The van der Waals surface area contributed by atoms with Crippen LogP contribution in [-0.4, -0.2) is 37.0 Å². The van der Waals surface area contributed by atoms with Crippen molar-refractivity contribution in [2.45, 2.75) is 45.5 Å². The molecule has 0 radical (unpaired) electrons. The Kier molecular flexibility index (Phi) is 7.79. The van der Waals surface area contributed by atoms with Crippen LogP contribution in [0.3, 0.4) is 0 Å². The maximum absolute atomic E-state index is 11.2. The Morgan fingerprint density at radius 3 is 2.52 bits per heavy atom. The summed E-state index contributed by atoms with van der Waals surface area (Å²) in [7, 11) is 1.62. The summed E-state index contributed by atoms with van der Waals surface area (Å²) in [6.45, 7) is 4.40. The van der Waals surface area contributed by atoms with Gasteiger partial charge in [0.25, 0.3) is 0 Å². The molecule has 0 aliphatic carbocycles. The van der Waals surface area contributed by atoms with E-state index in [-0.39, 0.29) is 18.5 Å². The second-order valence-electron chi connectivity index (χ2n) is 4.87. The molecule has 0 amide bonds. The van der Waals surface area contributed by atoms with E-state index in [0.29, 0.717) is 19.6 Å². The SMILES string of the molecule is CCOC(=O)CC(O)CC(C)OCc1ccc(OC)cc1. The average Bonchev–Trinajstić information content (AvgIpc) is 2.45. The summed E-state index contributed by atoms with van der Waals surface area (Å²) in [5.74, 6) is 0.420. The molecular weight excluding hydrogens is 272 g/mol. The van der Waals surface area contributed by atoms with Crippen molar-refractivity contribution < 1.29 is 24.1 Å². The first-order valence-electron chi connectivity index (χ1n) is 7.13. The van der Waals surface area contributed by atoms with Crippen molar-refractivity contribution in [1.82, 2.24) is 0 Å². The highest BCUT2D eigenvalue weighted by molar-refractivity contribution is 5.69. The molecule has 1 rings (SSSR count). The van der Waals surface area contributed by atoms with E-state index < -0.39 is 6.10 Å². The number of esters is 1. The van der Waals surface area contributed by atoms with E-state index in [4.69, 9.17) is 14.2 Å². The van der Waals surface area contributed by atoms with Crippen LogP contribution in [0.1, 0.15) is 32.3 Å². The number of hydrogen-bond donors (Lipinski definition) is 1. The van der Waals surface area contributed by atoms with E-state index in [2.05, 4.69) is 0 Å². The van der Waals surface area contributed by atoms with Gasteiger partial charge >= 0.3 is 5.97 Å². The highest BCUT2D eigenvalue weighted by Crippen LogP contribution is 2.14. The number of aliphatic hydroxyl groups is 1. The van der Waals surface area contributed by atoms with Crippen LogP contribution in [0.15, 0.2) is 24.3 Å². The Bertz CT molecular complexity index is 415. The number of ether oxygens (including phenoxy) is 3. The highest BCUT2D eigenvalue weighted by atomic mass is 16.5. The molecule has 2 atom stereocenters. The summed E-state index contributed by atoms with van der Waals surface area (Å²) < 4.78 is 15.5. The molecule has 5 heteroatoms. The van der Waals surface area contributed by atoms with Gasteiger partial charge in [0.1, 0.15) is 5.75 Å². The molecule has 0 heterocycles. The normalized spacial score (nSPS) is 13.5. The number of aliphatic hydroxyl groups excluding tert-OH is 1. The Morgan fingerprint density at radius 2 is 1.95 bits per heavy atom. The molecule has 0 saturated carbocycles. The summed E-state index contributed by atoms with van der Waals surface area (Å²) in [6.07, 6.45) is -0.481. The number of carbonyl (C=O) groups is 1. The van der Waals surface area contributed by atoms with Crippen molar-refractivity contribution in [2.75, 3.05) is 13.7 Å². The first kappa shape index (κ1) is 17.5. The minimum atomic E-state index is -0.741. The van der Waals surface area contributed by atoms with Gasteiger partial charge in [0.15, 0.2) is 0 Å². The van der Waals surface area contributed by atoms with Crippen LogP contribution in [0.25, 0.3) is 0 Å². The molecule has 2 unspecified atom stereocenters. The third kappa shape index (κ3) is 7.11. The molecule has 0 bridgehead atoms. The van der Waals surface area contributed by atoms with Gasteiger partial charge in [-0.2, -0.15) is 0 Å². The van der Waals surface area contributed by atoms with E-state index in [1.54, 1.807) is 14.0 Å². The maximum Gasteiger partial charge on any atom is 0.308 e. The summed E-state index contributed by atoms with van der Waals surface area (Å²) >= 11 is 0. The summed E-state index contributed by atoms with van der Waals surface area (Å²) in [5.41, 5.74) is 1.03. The predicted octanol–water partition coefficient (Wildman–Crippen LogP) is 2.30. The third-order valence-corrected chi connectivity index (χ3v) is 3.01. The molecular formula is C16H24O5. The monoisotopic (exact) mass is 296 g/mol. The fourth-order valence-electron chi connectivity index (χ4n) is 1.91. The number of methoxy groups -OCH3 is 1. The first-order valence-corrected chi connectivity index (χ1v) is 7.13. The van der Waals surface area contributed by atoms with Gasteiger partial charge in [0.05, 0.1) is 39.0 Å². The van der Waals surface area contributed by atoms with Gasteiger partial charge in [0.2, 0.25) is 0 Å². The molecule has 5 nitrogen and oxygen atoms in total. The van der Waals surface area contributed by atoms with Gasteiger partial charge < -0.3 is 19.3 Å². The zero-order chi connectivity index (χ0) is 15.7. The molecule has 0 aliphatic heterocycles. The van der Waals surface area contributed by atoms with E-state index in [0.717, 1.165) is 11.3 Å². The lowest BCUT2D eigenvalue weighted by atomic mass is 10.1. The van der Waals surface area contributed by atoms with Crippen molar-refractivity contribution in [3.05, 3.63) is 29.8 Å². The topological polar surface area (TPSA) is 65.0 Å². The van der Waals surface area contributed by atoms with Crippen LogP contribution in [0.4, 0.5) is 0 Å². The van der Waals surface area contributed by atoms with Crippen LogP contribution < -0.4 is 4.74 Å². The molecule has 118 valence electrons. The zero-order valence-corrected chi connectivity index (χ0v) is 12.9. The number of carbonyl (C=O) groups excluding carboxylic acids is 1. The fraction of sp³-hybridized carbons (Fsp3) is 0.562. The lowest BCUT2D eigenvalue weighted by Gasteiger charge is -2.17. The smallest absolute Gasteiger partial charge is 0.308 e. The molecule has 0 saturated heterocycles. The lowest BCUT2D eigenvalue weighted by Crippen LogP contribution is -2.22. The summed E-state index contributed by atoms with van der Waals surface area (Å²) in [4.78, 5) is 11.2. The summed E-state index contributed by atoms with van der Waals surface area (Å²) in [5, 5.41) is 9.78. The fourth-order valence-corrected chi connectivity index (χ4v) is 1.91. The van der Waals surface area contributed by atoms with Crippen LogP contribution in [0.5, 0.6) is 5.75 Å². The number of rotatable bonds is 9. The van der Waals surface area contributed by atoms with Crippen molar-refractivity contribution in [3.63, 3.8) is 0 Å². The first-order chi connectivity index (χ1) is 10.0. The Balaban J connectivity index is 2.29. The minimum Gasteiger partial charge on any atom is -0.497 e. The lowest BCUT2D eigenvalue weighted by molar-refractivity contribution is -0.145. The van der Waals surface area contributed by atoms with Gasteiger partial charge in [-0.25, -0.2) is 0 Å². The quantitative estimate of drug-likeness (QED) is 0.708. The van der Waals surface area contributed by atoms with E-state index in [1.165, 1.54) is 0 Å². The van der Waals surface area contributed by atoms with Crippen LogP contribution >= 0.6 is 0 Å². The van der Waals surface area contributed by atoms with Crippen LogP contribution in [0, 0.1) is 0 Å². The van der Waals surface area contributed by atoms with Crippen LogP contribution in [-0.2, 0) is 20.9 Å². The average molecular weight is 296 g/mol. The van der Waals surface area contributed by atoms with Gasteiger partial charge in [-0.1, -0.05) is 12.1 Å². The molecule has 21 heavy (non-hydrogen) atoms. The number of benzene rings is 1. The van der Waals surface area contributed by atoms with Crippen LogP contribution in [0.2, 0.25) is 0 Å². The Labute approximate surface area is 125 Å². The van der Waals surface area contributed by atoms with E-state index >= 15 is 0 Å². The second kappa shape index (κ2) is 9.37. The molecule has 0 fully saturated rings. The maximum atomic E-state index is 11.2. The van der Waals surface area contributed by atoms with E-state index in [1.807, 2.05) is 31.2 Å². The zero-order valence-electron chi connectivity index (χ0n) is 12.9. The molecule has 1 aromatic carbocycles. The number of hydrogen-bond acceptors (Lipinski definition) is 5. The minimum absolute atomic E-state index is 0.00404. The van der Waals surface area contributed by atoms with Crippen molar-refractivity contribution in [2.24, 2.45) is 0 Å². The van der Waals surface area contributed by atoms with Crippen molar-refractivity contribution in [1.29, 1.82) is 0 Å². The van der Waals surface area contributed by atoms with Gasteiger partial charge in [0, 0.05) is 0 Å². The van der Waals surface area contributed by atoms with Gasteiger partial charge in [-0.05, 0) is 38.0 Å². The second-order valence-corrected chi connectivity index (χ2v) is 4.87. The predicted molar refractivity (Wildman–Crippen MR) is 79.1 cm³/mol. The Morgan fingerprint density at radius 1 is 1.29 bits per heavy atom. The largest absolute Gasteiger partial charge is 0.497 e. The van der Waals surface area contributed by atoms with Gasteiger partial charge in [-0.3, -0.25) is 4.79 Å². The van der Waals surface area contributed by atoms with Crippen molar-refractivity contribution in [3.8, 4) is 5.75 Å². The Hall–Kier alpha value is -1.59. The molecule has 1 aromatic rings. The van der Waals surface area contributed by atoms with Gasteiger partial charge in [-0.15, -0.1) is 0 Å². The molecule has 0 aromatic heterocycles. The molecule has 0 aliphatic rings. The third-order valence-electron chi connectivity index (χ3n) is 3.01. The standard InChI is InChI=1S/C16H24O5/c1-4-20-16(18)10-14(17)9-12(2)21-11-13-5-7-15(19-3)8-6-13/h5-8,12,14,17H,4,9-11H2,1-3H3. The molecule has 1 N–H and O–H groups in total.